The molecule has 1 amide bonds. The summed E-state index contributed by atoms with van der Waals surface area (Å²) >= 11 is 0. The van der Waals surface area contributed by atoms with Gasteiger partial charge in [-0.2, -0.15) is 5.10 Å². The first-order valence-electron chi connectivity index (χ1n) is 7.02. The van der Waals surface area contributed by atoms with Gasteiger partial charge in [-0.1, -0.05) is 18.2 Å². The summed E-state index contributed by atoms with van der Waals surface area (Å²) in [4.78, 5) is 12.0. The average molecular weight is 303 g/mol. The predicted octanol–water partition coefficient (Wildman–Crippen LogP) is 0.0812. The van der Waals surface area contributed by atoms with Crippen LogP contribution in [0.2, 0.25) is 0 Å². The van der Waals surface area contributed by atoms with E-state index in [0.29, 0.717) is 17.7 Å². The number of para-hydroxylation sites is 1. The molecule has 0 spiro atoms. The van der Waals surface area contributed by atoms with Crippen LogP contribution in [0.3, 0.4) is 0 Å². The van der Waals surface area contributed by atoms with E-state index in [1.165, 1.54) is 12.4 Å². The lowest BCUT2D eigenvalue weighted by molar-refractivity contribution is -0.0135. The molecule has 4 atom stereocenters. The van der Waals surface area contributed by atoms with Crippen molar-refractivity contribution in [3.63, 3.8) is 0 Å². The van der Waals surface area contributed by atoms with Gasteiger partial charge in [0.1, 0.15) is 24.1 Å². The number of aliphatic hydroxyl groups excluding tert-OH is 2. The molecule has 2 aromatic rings. The normalized spacial score (nSPS) is 27.5. The number of nitrogens with zero attached hydrogens (tertiary/aromatic N) is 1. The van der Waals surface area contributed by atoms with E-state index in [0.717, 1.165) is 0 Å². The highest BCUT2D eigenvalue weighted by Gasteiger charge is 2.43. The molecule has 0 saturated heterocycles. The number of carbonyl (C=O) groups is 1. The fourth-order valence-electron chi connectivity index (χ4n) is 2.55. The summed E-state index contributed by atoms with van der Waals surface area (Å²) in [5.41, 5.74) is 0.370. The van der Waals surface area contributed by atoms with Crippen LogP contribution in [0.4, 0.5) is 0 Å². The van der Waals surface area contributed by atoms with Gasteiger partial charge < -0.3 is 20.3 Å². The standard InChI is InChI=1S/C15H17N3O4/c19-13-11(18-15(21)9-7-16-17-8-9)6-12(14(13)20)22-10-4-2-1-3-5-10/h1-5,7-8,11-14,19-20H,6H2,(H,16,17)(H,18,21)/t11-,12-,13+,14+/m1/s1. The molecule has 1 fully saturated rings. The second-order valence-corrected chi connectivity index (χ2v) is 5.25. The Hall–Kier alpha value is -2.38. The van der Waals surface area contributed by atoms with E-state index in [4.69, 9.17) is 4.74 Å². The quantitative estimate of drug-likeness (QED) is 0.640. The van der Waals surface area contributed by atoms with Crippen LogP contribution in [-0.4, -0.2) is 50.7 Å². The number of amides is 1. The van der Waals surface area contributed by atoms with Crippen LogP contribution in [0, 0.1) is 0 Å². The number of ether oxygens (including phenoxy) is 1. The van der Waals surface area contributed by atoms with Crippen LogP contribution < -0.4 is 10.1 Å². The number of rotatable bonds is 4. The van der Waals surface area contributed by atoms with Gasteiger partial charge >= 0.3 is 0 Å². The number of hydrogen-bond acceptors (Lipinski definition) is 5. The summed E-state index contributed by atoms with van der Waals surface area (Å²) in [5, 5.41) is 29.1. The highest BCUT2D eigenvalue weighted by atomic mass is 16.5. The van der Waals surface area contributed by atoms with Crippen molar-refractivity contribution in [3.05, 3.63) is 48.3 Å². The Bertz CT molecular complexity index is 617. The molecule has 7 heteroatoms. The Morgan fingerprint density at radius 1 is 1.27 bits per heavy atom. The maximum Gasteiger partial charge on any atom is 0.254 e. The predicted molar refractivity (Wildman–Crippen MR) is 77.3 cm³/mol. The van der Waals surface area contributed by atoms with Crippen molar-refractivity contribution in [1.82, 2.24) is 15.5 Å². The van der Waals surface area contributed by atoms with Crippen molar-refractivity contribution in [3.8, 4) is 5.75 Å². The molecule has 0 unspecified atom stereocenters. The number of carbonyl (C=O) groups excluding carboxylic acids is 1. The second kappa shape index (κ2) is 6.17. The Labute approximate surface area is 126 Å². The monoisotopic (exact) mass is 303 g/mol. The van der Waals surface area contributed by atoms with E-state index in [1.807, 2.05) is 18.2 Å². The van der Waals surface area contributed by atoms with E-state index in [-0.39, 0.29) is 5.91 Å². The fraction of sp³-hybridized carbons (Fsp3) is 0.333. The third-order valence-electron chi connectivity index (χ3n) is 3.74. The third-order valence-corrected chi connectivity index (χ3v) is 3.74. The van der Waals surface area contributed by atoms with Crippen LogP contribution in [-0.2, 0) is 0 Å². The minimum atomic E-state index is -1.08. The van der Waals surface area contributed by atoms with Crippen molar-refractivity contribution in [2.75, 3.05) is 0 Å². The molecule has 0 radical (unpaired) electrons. The van der Waals surface area contributed by atoms with Gasteiger partial charge in [0.05, 0.1) is 17.8 Å². The molecule has 4 N–H and O–H groups in total. The Morgan fingerprint density at radius 2 is 2.05 bits per heavy atom. The molecule has 1 aromatic heterocycles. The van der Waals surface area contributed by atoms with Crippen LogP contribution in [0.15, 0.2) is 42.7 Å². The maximum absolute atomic E-state index is 12.0. The molecule has 1 saturated carbocycles. The van der Waals surface area contributed by atoms with E-state index < -0.39 is 24.4 Å². The fourth-order valence-corrected chi connectivity index (χ4v) is 2.55. The Balaban J connectivity index is 1.64. The zero-order valence-corrected chi connectivity index (χ0v) is 11.7. The summed E-state index contributed by atoms with van der Waals surface area (Å²) in [6, 6.07) is 8.48. The minimum Gasteiger partial charge on any atom is -0.488 e. The maximum atomic E-state index is 12.0. The summed E-state index contributed by atoms with van der Waals surface area (Å²) in [6.07, 6.45) is 0.461. The summed E-state index contributed by atoms with van der Waals surface area (Å²) in [7, 11) is 0. The number of hydrogen-bond donors (Lipinski definition) is 4. The van der Waals surface area contributed by atoms with Gasteiger partial charge in [0, 0.05) is 12.6 Å². The first-order chi connectivity index (χ1) is 10.6. The Morgan fingerprint density at radius 3 is 2.73 bits per heavy atom. The number of aromatic nitrogens is 2. The van der Waals surface area contributed by atoms with Crippen molar-refractivity contribution in [2.24, 2.45) is 0 Å². The molecule has 0 aliphatic heterocycles. The van der Waals surface area contributed by atoms with Crippen LogP contribution in [0.25, 0.3) is 0 Å². The molecule has 0 bridgehead atoms. The number of benzene rings is 1. The van der Waals surface area contributed by atoms with E-state index in [9.17, 15) is 15.0 Å². The molecule has 7 nitrogen and oxygen atoms in total. The van der Waals surface area contributed by atoms with Gasteiger partial charge in [-0.15, -0.1) is 0 Å². The van der Waals surface area contributed by atoms with Crippen molar-refractivity contribution >= 4 is 5.91 Å². The number of aromatic amines is 1. The summed E-state index contributed by atoms with van der Waals surface area (Å²) < 4.78 is 5.68. The number of nitrogens with one attached hydrogen (secondary N) is 2. The summed E-state index contributed by atoms with van der Waals surface area (Å²) in [5.74, 6) is 0.255. The zero-order chi connectivity index (χ0) is 15.5. The first kappa shape index (κ1) is 14.6. The topological polar surface area (TPSA) is 107 Å². The van der Waals surface area contributed by atoms with Crippen molar-refractivity contribution in [2.45, 2.75) is 30.8 Å². The molecule has 1 aliphatic carbocycles. The molecule has 1 heterocycles. The zero-order valence-electron chi connectivity index (χ0n) is 11.7. The minimum absolute atomic E-state index is 0.320. The van der Waals surface area contributed by atoms with Crippen LogP contribution >= 0.6 is 0 Å². The highest BCUT2D eigenvalue weighted by Crippen LogP contribution is 2.26. The van der Waals surface area contributed by atoms with Gasteiger partial charge in [-0.25, -0.2) is 0 Å². The molecule has 116 valence electrons. The van der Waals surface area contributed by atoms with Gasteiger partial charge in [-0.05, 0) is 12.1 Å². The smallest absolute Gasteiger partial charge is 0.254 e. The molecule has 3 rings (SSSR count). The first-order valence-corrected chi connectivity index (χ1v) is 7.02. The van der Waals surface area contributed by atoms with Gasteiger partial charge in [0.2, 0.25) is 0 Å². The van der Waals surface area contributed by atoms with Gasteiger partial charge in [0.15, 0.2) is 0 Å². The van der Waals surface area contributed by atoms with Gasteiger partial charge in [-0.3, -0.25) is 9.89 Å². The molecule has 22 heavy (non-hydrogen) atoms. The molecule has 1 aromatic carbocycles. The number of H-pyrrole nitrogens is 1. The third kappa shape index (κ3) is 2.95. The lowest BCUT2D eigenvalue weighted by Crippen LogP contribution is -2.43. The van der Waals surface area contributed by atoms with Gasteiger partial charge in [0.25, 0.3) is 5.91 Å². The Kier molecular flexibility index (Phi) is 4.08. The van der Waals surface area contributed by atoms with E-state index >= 15 is 0 Å². The largest absolute Gasteiger partial charge is 0.488 e. The average Bonchev–Trinajstić information content (AvgIpc) is 3.14. The van der Waals surface area contributed by atoms with Crippen molar-refractivity contribution < 1.29 is 19.7 Å². The lowest BCUT2D eigenvalue weighted by atomic mass is 10.2. The highest BCUT2D eigenvalue weighted by molar-refractivity contribution is 5.93. The lowest BCUT2D eigenvalue weighted by Gasteiger charge is -2.18. The molecular weight excluding hydrogens is 286 g/mol. The number of aliphatic hydroxyl groups is 2. The second-order valence-electron chi connectivity index (χ2n) is 5.25. The SMILES string of the molecule is O=C(N[C@@H]1C[C@@H](Oc2ccccc2)[C@H](O)[C@H]1O)c1cn[nH]c1. The molecular formula is C15H17N3O4. The van der Waals surface area contributed by atoms with Crippen LogP contribution in [0.5, 0.6) is 5.75 Å². The van der Waals surface area contributed by atoms with E-state index in [2.05, 4.69) is 15.5 Å². The van der Waals surface area contributed by atoms with E-state index in [1.54, 1.807) is 12.1 Å². The van der Waals surface area contributed by atoms with Crippen LogP contribution in [0.1, 0.15) is 16.8 Å². The van der Waals surface area contributed by atoms with Crippen molar-refractivity contribution in [1.29, 1.82) is 0 Å². The molecule has 1 aliphatic rings. The summed E-state index contributed by atoms with van der Waals surface area (Å²) in [6.45, 7) is 0.